The monoisotopic (exact) mass is 416 g/mol. The average molecular weight is 416 g/mol. The molecule has 0 unspecified atom stereocenters. The minimum Gasteiger partial charge on any atom is -0.497 e. The highest BCUT2D eigenvalue weighted by Crippen LogP contribution is 2.25. The summed E-state index contributed by atoms with van der Waals surface area (Å²) in [6, 6.07) is 10.6. The van der Waals surface area contributed by atoms with Gasteiger partial charge in [-0.05, 0) is 54.7 Å². The Kier molecular flexibility index (Phi) is 7.52. The molecule has 0 atom stereocenters. The zero-order valence-corrected chi connectivity index (χ0v) is 17.5. The molecule has 0 saturated carbocycles. The van der Waals surface area contributed by atoms with E-state index in [1.54, 1.807) is 26.4 Å². The van der Waals surface area contributed by atoms with Gasteiger partial charge in [-0.1, -0.05) is 6.07 Å². The van der Waals surface area contributed by atoms with E-state index in [0.717, 1.165) is 5.56 Å². The highest BCUT2D eigenvalue weighted by molar-refractivity contribution is 5.76. The Labute approximate surface area is 176 Å². The van der Waals surface area contributed by atoms with Gasteiger partial charge in [0, 0.05) is 32.1 Å². The van der Waals surface area contributed by atoms with Gasteiger partial charge >= 0.3 is 0 Å². The van der Waals surface area contributed by atoms with Crippen molar-refractivity contribution in [2.24, 2.45) is 0 Å². The number of piperidine rings is 1. The van der Waals surface area contributed by atoms with Crippen LogP contribution in [0.15, 0.2) is 36.4 Å². The number of carbonyl (C=O) groups excluding carboxylic acids is 1. The summed E-state index contributed by atoms with van der Waals surface area (Å²) >= 11 is 0. The molecule has 3 rings (SSSR count). The Morgan fingerprint density at radius 3 is 2.37 bits per heavy atom. The molecular formula is C23H29FN2O4. The summed E-state index contributed by atoms with van der Waals surface area (Å²) in [5.74, 6) is 0.958. The van der Waals surface area contributed by atoms with E-state index >= 15 is 0 Å². The average Bonchev–Trinajstić information content (AvgIpc) is 2.76. The van der Waals surface area contributed by atoms with Crippen LogP contribution in [0.5, 0.6) is 11.5 Å². The lowest BCUT2D eigenvalue weighted by molar-refractivity contribution is -0.121. The van der Waals surface area contributed by atoms with Crippen molar-refractivity contribution in [2.75, 3.05) is 32.2 Å². The fraction of sp³-hybridized carbons (Fsp3) is 0.435. The number of rotatable bonds is 8. The van der Waals surface area contributed by atoms with Gasteiger partial charge in [-0.15, -0.1) is 0 Å². The standard InChI is InChI=1S/C23H29FN2O4/c1-29-19-11-16(12-20(14-19)30-2)4-6-23(28)25-15-17-3-5-22(21(24)13-17)26-9-7-18(27)8-10-26/h3,5,11-14,18,27H,4,6-10,15H2,1-2H3,(H,25,28). The second kappa shape index (κ2) is 10.3. The van der Waals surface area contributed by atoms with Crippen LogP contribution in [0, 0.1) is 5.82 Å². The fourth-order valence-electron chi connectivity index (χ4n) is 3.58. The summed E-state index contributed by atoms with van der Waals surface area (Å²) in [7, 11) is 3.18. The number of nitrogens with one attached hydrogen (secondary N) is 1. The predicted molar refractivity (Wildman–Crippen MR) is 114 cm³/mol. The molecule has 7 heteroatoms. The summed E-state index contributed by atoms with van der Waals surface area (Å²) in [4.78, 5) is 14.2. The summed E-state index contributed by atoms with van der Waals surface area (Å²) < 4.78 is 25.0. The summed E-state index contributed by atoms with van der Waals surface area (Å²) in [5, 5.41) is 12.4. The van der Waals surface area contributed by atoms with Crippen LogP contribution in [-0.2, 0) is 17.8 Å². The van der Waals surface area contributed by atoms with Crippen molar-refractivity contribution in [2.45, 2.75) is 38.3 Å². The number of carbonyl (C=O) groups is 1. The molecule has 0 spiro atoms. The number of amides is 1. The highest BCUT2D eigenvalue weighted by Gasteiger charge is 2.19. The molecule has 0 bridgehead atoms. The maximum atomic E-state index is 14.5. The molecule has 2 N–H and O–H groups in total. The molecule has 30 heavy (non-hydrogen) atoms. The number of hydrogen-bond acceptors (Lipinski definition) is 5. The van der Waals surface area contributed by atoms with Crippen LogP contribution < -0.4 is 19.7 Å². The zero-order valence-electron chi connectivity index (χ0n) is 17.5. The largest absolute Gasteiger partial charge is 0.497 e. The molecule has 1 saturated heterocycles. The Bertz CT molecular complexity index is 844. The number of aliphatic hydroxyl groups is 1. The normalized spacial score (nSPS) is 14.5. The molecule has 2 aromatic rings. The van der Waals surface area contributed by atoms with E-state index in [-0.39, 0.29) is 24.4 Å². The first-order valence-corrected chi connectivity index (χ1v) is 10.2. The smallest absolute Gasteiger partial charge is 0.220 e. The lowest BCUT2D eigenvalue weighted by Crippen LogP contribution is -2.36. The van der Waals surface area contributed by atoms with Crippen LogP contribution >= 0.6 is 0 Å². The molecule has 1 aliphatic rings. The van der Waals surface area contributed by atoms with Gasteiger partial charge in [0.15, 0.2) is 0 Å². The van der Waals surface area contributed by atoms with E-state index in [1.165, 1.54) is 6.07 Å². The second-order valence-electron chi connectivity index (χ2n) is 7.50. The third-order valence-corrected chi connectivity index (χ3v) is 5.36. The topological polar surface area (TPSA) is 71.0 Å². The number of nitrogens with zero attached hydrogens (tertiary/aromatic N) is 1. The third-order valence-electron chi connectivity index (χ3n) is 5.36. The Hall–Kier alpha value is -2.80. The number of anilines is 1. The maximum Gasteiger partial charge on any atom is 0.220 e. The molecule has 0 aromatic heterocycles. The number of ether oxygens (including phenoxy) is 2. The second-order valence-corrected chi connectivity index (χ2v) is 7.50. The Morgan fingerprint density at radius 1 is 1.10 bits per heavy atom. The van der Waals surface area contributed by atoms with E-state index in [1.807, 2.05) is 23.1 Å². The van der Waals surface area contributed by atoms with Crippen LogP contribution in [0.2, 0.25) is 0 Å². The molecule has 1 heterocycles. The molecule has 6 nitrogen and oxygen atoms in total. The van der Waals surface area contributed by atoms with Gasteiger partial charge in [-0.25, -0.2) is 4.39 Å². The van der Waals surface area contributed by atoms with Crippen molar-refractivity contribution in [3.8, 4) is 11.5 Å². The minimum atomic E-state index is -0.304. The van der Waals surface area contributed by atoms with Crippen molar-refractivity contribution in [1.82, 2.24) is 5.32 Å². The number of halogens is 1. The number of benzene rings is 2. The Balaban J connectivity index is 1.50. The number of aryl methyl sites for hydroxylation is 1. The quantitative estimate of drug-likeness (QED) is 0.692. The van der Waals surface area contributed by atoms with Crippen LogP contribution in [0.1, 0.15) is 30.4 Å². The molecule has 162 valence electrons. The van der Waals surface area contributed by atoms with E-state index in [9.17, 15) is 14.3 Å². The minimum absolute atomic E-state index is 0.105. The van der Waals surface area contributed by atoms with Gasteiger partial charge in [0.1, 0.15) is 17.3 Å². The summed E-state index contributed by atoms with van der Waals surface area (Å²) in [6.45, 7) is 1.56. The van der Waals surface area contributed by atoms with Crippen LogP contribution in [-0.4, -0.2) is 44.4 Å². The van der Waals surface area contributed by atoms with Gasteiger partial charge in [-0.2, -0.15) is 0 Å². The predicted octanol–water partition coefficient (Wildman–Crippen LogP) is 3.05. The van der Waals surface area contributed by atoms with Crippen LogP contribution in [0.4, 0.5) is 10.1 Å². The first-order valence-electron chi connectivity index (χ1n) is 10.2. The lowest BCUT2D eigenvalue weighted by atomic mass is 10.1. The van der Waals surface area contributed by atoms with E-state index in [4.69, 9.17) is 9.47 Å². The summed E-state index contributed by atoms with van der Waals surface area (Å²) in [5.41, 5.74) is 2.21. The van der Waals surface area contributed by atoms with Gasteiger partial charge in [0.25, 0.3) is 0 Å². The van der Waals surface area contributed by atoms with Gasteiger partial charge in [-0.3, -0.25) is 4.79 Å². The van der Waals surface area contributed by atoms with Crippen molar-refractivity contribution < 1.29 is 23.8 Å². The van der Waals surface area contributed by atoms with Crippen molar-refractivity contribution >= 4 is 11.6 Å². The maximum absolute atomic E-state index is 14.5. The van der Waals surface area contributed by atoms with Crippen LogP contribution in [0.25, 0.3) is 0 Å². The SMILES string of the molecule is COc1cc(CCC(=O)NCc2ccc(N3CCC(O)CC3)c(F)c2)cc(OC)c1. The number of methoxy groups -OCH3 is 2. The third kappa shape index (κ3) is 5.86. The highest BCUT2D eigenvalue weighted by atomic mass is 19.1. The number of hydrogen-bond donors (Lipinski definition) is 2. The Morgan fingerprint density at radius 2 is 1.77 bits per heavy atom. The molecular weight excluding hydrogens is 387 g/mol. The van der Waals surface area contributed by atoms with Crippen molar-refractivity contribution in [3.05, 3.63) is 53.3 Å². The molecule has 1 amide bonds. The lowest BCUT2D eigenvalue weighted by Gasteiger charge is -2.31. The van der Waals surface area contributed by atoms with E-state index in [2.05, 4.69) is 5.32 Å². The van der Waals surface area contributed by atoms with Crippen LogP contribution in [0.3, 0.4) is 0 Å². The number of aliphatic hydroxyl groups excluding tert-OH is 1. The molecule has 2 aromatic carbocycles. The first kappa shape index (κ1) is 21.9. The van der Waals surface area contributed by atoms with Gasteiger partial charge in [0.2, 0.25) is 5.91 Å². The summed E-state index contributed by atoms with van der Waals surface area (Å²) in [6.07, 6.45) is 1.87. The van der Waals surface area contributed by atoms with E-state index < -0.39 is 0 Å². The van der Waals surface area contributed by atoms with Crippen molar-refractivity contribution in [1.29, 1.82) is 0 Å². The molecule has 0 aliphatic carbocycles. The molecule has 0 radical (unpaired) electrons. The van der Waals surface area contributed by atoms with Gasteiger partial charge < -0.3 is 24.8 Å². The first-order chi connectivity index (χ1) is 14.5. The fourth-order valence-corrected chi connectivity index (χ4v) is 3.58. The molecule has 1 aliphatic heterocycles. The van der Waals surface area contributed by atoms with Gasteiger partial charge in [0.05, 0.1) is 26.0 Å². The molecule has 1 fully saturated rings. The van der Waals surface area contributed by atoms with E-state index in [0.29, 0.717) is 61.5 Å². The van der Waals surface area contributed by atoms with Crippen molar-refractivity contribution in [3.63, 3.8) is 0 Å². The zero-order chi connectivity index (χ0) is 21.5.